The minimum absolute atomic E-state index is 0.0578. The number of sulfone groups is 1. The molecule has 1 aromatic carbocycles. The summed E-state index contributed by atoms with van der Waals surface area (Å²) >= 11 is 1.28. The van der Waals surface area contributed by atoms with E-state index in [0.29, 0.717) is 11.3 Å². The predicted octanol–water partition coefficient (Wildman–Crippen LogP) is 1.24. The highest BCUT2D eigenvalue weighted by Crippen LogP contribution is 2.13. The van der Waals surface area contributed by atoms with Crippen LogP contribution in [0.1, 0.15) is 28.6 Å². The average molecular weight is 478 g/mol. The van der Waals surface area contributed by atoms with Gasteiger partial charge in [-0.05, 0) is 30.4 Å². The zero-order valence-corrected chi connectivity index (χ0v) is 19.5. The molecule has 172 valence electrons. The number of thiophene rings is 1. The number of carbonyl (C=O) groups excluding carboxylic acids is 3. The summed E-state index contributed by atoms with van der Waals surface area (Å²) in [6.45, 7) is 1.83. The first kappa shape index (κ1) is 23.9. The van der Waals surface area contributed by atoms with E-state index in [9.17, 15) is 22.8 Å². The lowest BCUT2D eigenvalue weighted by atomic mass is 10.0. The van der Waals surface area contributed by atoms with Gasteiger partial charge in [0.15, 0.2) is 9.84 Å². The van der Waals surface area contributed by atoms with Gasteiger partial charge in [0, 0.05) is 19.0 Å². The van der Waals surface area contributed by atoms with Crippen LogP contribution in [0.2, 0.25) is 0 Å². The SMILES string of the molecule is CCN(CC(=O)NC1CCS(=O)(=O)C1)C(=O)C(Cc1ccccc1)NC(=O)c1cccs1. The molecule has 8 nitrogen and oxygen atoms in total. The van der Waals surface area contributed by atoms with Crippen LogP contribution >= 0.6 is 11.3 Å². The van der Waals surface area contributed by atoms with E-state index in [-0.39, 0.29) is 42.8 Å². The molecule has 1 fully saturated rings. The van der Waals surface area contributed by atoms with Crippen LogP contribution in [0.3, 0.4) is 0 Å². The van der Waals surface area contributed by atoms with Gasteiger partial charge in [0.25, 0.3) is 5.91 Å². The average Bonchev–Trinajstić information content (AvgIpc) is 3.41. The van der Waals surface area contributed by atoms with Crippen molar-refractivity contribution in [2.24, 2.45) is 0 Å². The lowest BCUT2D eigenvalue weighted by Gasteiger charge is -2.27. The minimum atomic E-state index is -3.12. The van der Waals surface area contributed by atoms with E-state index in [4.69, 9.17) is 0 Å². The fourth-order valence-electron chi connectivity index (χ4n) is 3.61. The fourth-order valence-corrected chi connectivity index (χ4v) is 5.91. The van der Waals surface area contributed by atoms with Crippen LogP contribution in [0.5, 0.6) is 0 Å². The van der Waals surface area contributed by atoms with Crippen LogP contribution in [0.15, 0.2) is 47.8 Å². The van der Waals surface area contributed by atoms with Gasteiger partial charge < -0.3 is 15.5 Å². The first-order valence-electron chi connectivity index (χ1n) is 10.4. The van der Waals surface area contributed by atoms with E-state index in [2.05, 4.69) is 10.6 Å². The van der Waals surface area contributed by atoms with Crippen molar-refractivity contribution < 1.29 is 22.8 Å². The molecule has 0 spiro atoms. The van der Waals surface area contributed by atoms with Crippen LogP contribution in [0, 0.1) is 0 Å². The third kappa shape index (κ3) is 6.64. The quantitative estimate of drug-likeness (QED) is 0.564. The number of rotatable bonds is 9. The second kappa shape index (κ2) is 10.7. The molecule has 3 amide bonds. The third-order valence-electron chi connectivity index (χ3n) is 5.26. The molecule has 2 unspecified atom stereocenters. The van der Waals surface area contributed by atoms with Gasteiger partial charge in [0.05, 0.1) is 22.9 Å². The van der Waals surface area contributed by atoms with Crippen LogP contribution < -0.4 is 10.6 Å². The number of likely N-dealkylation sites (N-methyl/N-ethyl adjacent to an activating group) is 1. The molecular formula is C22H27N3O5S2. The molecule has 0 saturated carbocycles. The Morgan fingerprint density at radius 1 is 1.16 bits per heavy atom. The summed E-state index contributed by atoms with van der Waals surface area (Å²) < 4.78 is 23.2. The van der Waals surface area contributed by atoms with E-state index < -0.39 is 27.8 Å². The molecule has 0 radical (unpaired) electrons. The normalized spacial score (nSPS) is 18.0. The molecule has 2 aromatic rings. The van der Waals surface area contributed by atoms with Gasteiger partial charge >= 0.3 is 0 Å². The summed E-state index contributed by atoms with van der Waals surface area (Å²) in [5.74, 6) is -1.14. The minimum Gasteiger partial charge on any atom is -0.351 e. The molecule has 2 heterocycles. The van der Waals surface area contributed by atoms with Gasteiger partial charge in [0.2, 0.25) is 11.8 Å². The zero-order valence-electron chi connectivity index (χ0n) is 17.8. The Labute approximate surface area is 191 Å². The standard InChI is InChI=1S/C22H27N3O5S2/c1-2-25(14-20(26)23-17-10-12-32(29,30)15-17)22(28)18(13-16-7-4-3-5-8-16)24-21(27)19-9-6-11-31-19/h3-9,11,17-18H,2,10,12-15H2,1H3,(H,23,26)(H,24,27). The highest BCUT2D eigenvalue weighted by atomic mass is 32.2. The molecule has 1 aliphatic heterocycles. The van der Waals surface area contributed by atoms with E-state index >= 15 is 0 Å². The summed E-state index contributed by atoms with van der Waals surface area (Å²) in [4.78, 5) is 40.3. The largest absolute Gasteiger partial charge is 0.351 e. The molecule has 1 saturated heterocycles. The predicted molar refractivity (Wildman–Crippen MR) is 123 cm³/mol. The summed E-state index contributed by atoms with van der Waals surface area (Å²) in [6, 6.07) is 11.5. The molecule has 0 aliphatic carbocycles. The molecule has 32 heavy (non-hydrogen) atoms. The number of hydrogen-bond acceptors (Lipinski definition) is 6. The van der Waals surface area contributed by atoms with Gasteiger partial charge in [-0.25, -0.2) is 8.42 Å². The van der Waals surface area contributed by atoms with Crippen molar-refractivity contribution in [3.05, 3.63) is 58.3 Å². The van der Waals surface area contributed by atoms with Crippen LogP contribution in [-0.2, 0) is 25.8 Å². The second-order valence-corrected chi connectivity index (χ2v) is 10.9. The summed E-state index contributed by atoms with van der Waals surface area (Å²) in [5.41, 5.74) is 0.883. The fraction of sp³-hybridized carbons (Fsp3) is 0.409. The second-order valence-electron chi connectivity index (χ2n) is 7.71. The summed E-state index contributed by atoms with van der Waals surface area (Å²) in [7, 11) is -3.12. The Bertz CT molecular complexity index is 1040. The molecule has 10 heteroatoms. The van der Waals surface area contributed by atoms with Crippen LogP contribution in [-0.4, -0.2) is 67.7 Å². The van der Waals surface area contributed by atoms with Gasteiger partial charge in [-0.3, -0.25) is 14.4 Å². The van der Waals surface area contributed by atoms with Crippen molar-refractivity contribution in [3.8, 4) is 0 Å². The maximum atomic E-state index is 13.3. The Morgan fingerprint density at radius 3 is 2.50 bits per heavy atom. The molecule has 1 aliphatic rings. The highest BCUT2D eigenvalue weighted by Gasteiger charge is 2.31. The Balaban J connectivity index is 1.69. The third-order valence-corrected chi connectivity index (χ3v) is 7.89. The molecule has 2 N–H and O–H groups in total. The summed E-state index contributed by atoms with van der Waals surface area (Å²) in [6.07, 6.45) is 0.664. The molecule has 1 aromatic heterocycles. The highest BCUT2D eigenvalue weighted by molar-refractivity contribution is 7.91. The van der Waals surface area contributed by atoms with E-state index in [0.717, 1.165) is 5.56 Å². The molecular weight excluding hydrogens is 450 g/mol. The zero-order chi connectivity index (χ0) is 23.1. The van der Waals surface area contributed by atoms with Gasteiger partial charge in [-0.15, -0.1) is 11.3 Å². The molecule has 3 rings (SSSR count). The van der Waals surface area contributed by atoms with E-state index in [1.807, 2.05) is 30.3 Å². The number of nitrogens with one attached hydrogen (secondary N) is 2. The van der Waals surface area contributed by atoms with Crippen LogP contribution in [0.25, 0.3) is 0 Å². The van der Waals surface area contributed by atoms with Crippen molar-refractivity contribution in [2.45, 2.75) is 31.8 Å². The van der Waals surface area contributed by atoms with Gasteiger partial charge in [-0.2, -0.15) is 0 Å². The Kier molecular flexibility index (Phi) is 8.03. The molecule has 0 bridgehead atoms. The first-order valence-corrected chi connectivity index (χ1v) is 13.1. The number of carbonyl (C=O) groups is 3. The van der Waals surface area contributed by atoms with Gasteiger partial charge in [-0.1, -0.05) is 36.4 Å². The maximum Gasteiger partial charge on any atom is 0.262 e. The lowest BCUT2D eigenvalue weighted by Crippen LogP contribution is -2.52. The van der Waals surface area contributed by atoms with Crippen molar-refractivity contribution in [3.63, 3.8) is 0 Å². The first-order chi connectivity index (χ1) is 15.3. The Morgan fingerprint density at radius 2 is 1.91 bits per heavy atom. The Hall–Kier alpha value is -2.72. The van der Waals surface area contributed by atoms with Crippen molar-refractivity contribution >= 4 is 38.9 Å². The van der Waals surface area contributed by atoms with Gasteiger partial charge in [0.1, 0.15) is 6.04 Å². The topological polar surface area (TPSA) is 113 Å². The van der Waals surface area contributed by atoms with Crippen molar-refractivity contribution in [2.75, 3.05) is 24.6 Å². The number of benzene rings is 1. The van der Waals surface area contributed by atoms with Crippen LogP contribution in [0.4, 0.5) is 0 Å². The number of nitrogens with zero attached hydrogens (tertiary/aromatic N) is 1. The van der Waals surface area contributed by atoms with E-state index in [1.165, 1.54) is 16.2 Å². The van der Waals surface area contributed by atoms with Crippen molar-refractivity contribution in [1.29, 1.82) is 0 Å². The number of amides is 3. The maximum absolute atomic E-state index is 13.3. The monoisotopic (exact) mass is 477 g/mol. The molecule has 2 atom stereocenters. The summed E-state index contributed by atoms with van der Waals surface area (Å²) in [5, 5.41) is 7.30. The van der Waals surface area contributed by atoms with Crippen molar-refractivity contribution in [1.82, 2.24) is 15.5 Å². The smallest absolute Gasteiger partial charge is 0.262 e. The van der Waals surface area contributed by atoms with E-state index in [1.54, 1.807) is 24.4 Å². The number of hydrogen-bond donors (Lipinski definition) is 2. The lowest BCUT2D eigenvalue weighted by molar-refractivity contribution is -0.137.